The molecular weight excluding hydrogens is 240 g/mol. The largest absolute Gasteiger partial charge is 0.495 e. The standard InChI is InChI=1S/C12H16O4S/c1-3-16-12(13)8-9-17(14)11-7-5-4-6-10(11)15-2/h4-7H,3,8-9H2,1-2H3. The van der Waals surface area contributed by atoms with Gasteiger partial charge in [0.15, 0.2) is 0 Å². The van der Waals surface area contributed by atoms with E-state index < -0.39 is 10.8 Å². The molecule has 4 nitrogen and oxygen atoms in total. The Hall–Kier alpha value is -1.36. The molecule has 0 bridgehead atoms. The van der Waals surface area contributed by atoms with Crippen LogP contribution in [0, 0.1) is 0 Å². The normalized spacial score (nSPS) is 11.9. The van der Waals surface area contributed by atoms with Crippen LogP contribution in [0.1, 0.15) is 13.3 Å². The molecule has 94 valence electrons. The van der Waals surface area contributed by atoms with E-state index in [0.29, 0.717) is 17.3 Å². The van der Waals surface area contributed by atoms with E-state index in [2.05, 4.69) is 0 Å². The Morgan fingerprint density at radius 2 is 2.06 bits per heavy atom. The maximum Gasteiger partial charge on any atom is 0.306 e. The van der Waals surface area contributed by atoms with Gasteiger partial charge in [-0.15, -0.1) is 0 Å². The molecule has 5 heteroatoms. The van der Waals surface area contributed by atoms with E-state index >= 15 is 0 Å². The highest BCUT2D eigenvalue weighted by atomic mass is 32.2. The molecule has 0 aliphatic heterocycles. The fourth-order valence-corrected chi connectivity index (χ4v) is 2.50. The third-order valence-electron chi connectivity index (χ3n) is 2.11. The van der Waals surface area contributed by atoms with Crippen molar-refractivity contribution in [3.05, 3.63) is 24.3 Å². The van der Waals surface area contributed by atoms with Gasteiger partial charge in [-0.25, -0.2) is 0 Å². The predicted molar refractivity (Wildman–Crippen MR) is 65.5 cm³/mol. The zero-order chi connectivity index (χ0) is 12.7. The van der Waals surface area contributed by atoms with Gasteiger partial charge in [0.2, 0.25) is 0 Å². The highest BCUT2D eigenvalue weighted by Crippen LogP contribution is 2.21. The van der Waals surface area contributed by atoms with E-state index in [0.717, 1.165) is 0 Å². The van der Waals surface area contributed by atoms with Gasteiger partial charge in [-0.2, -0.15) is 0 Å². The van der Waals surface area contributed by atoms with Gasteiger partial charge in [-0.1, -0.05) is 12.1 Å². The molecule has 0 aromatic heterocycles. The average Bonchev–Trinajstić information content (AvgIpc) is 2.36. The maximum atomic E-state index is 12.0. The first kappa shape index (κ1) is 13.7. The SMILES string of the molecule is CCOC(=O)CCS(=O)c1ccccc1OC. The fourth-order valence-electron chi connectivity index (χ4n) is 1.33. The molecule has 0 aliphatic rings. The minimum Gasteiger partial charge on any atom is -0.495 e. The Labute approximate surface area is 103 Å². The average molecular weight is 256 g/mol. The first-order chi connectivity index (χ1) is 8.19. The maximum absolute atomic E-state index is 12.0. The molecule has 0 saturated carbocycles. The van der Waals surface area contributed by atoms with E-state index in [1.165, 1.54) is 7.11 Å². The summed E-state index contributed by atoms with van der Waals surface area (Å²) in [5, 5.41) is 0. The molecule has 17 heavy (non-hydrogen) atoms. The van der Waals surface area contributed by atoms with Crippen molar-refractivity contribution in [2.24, 2.45) is 0 Å². The number of carbonyl (C=O) groups excluding carboxylic acids is 1. The van der Waals surface area contributed by atoms with Crippen molar-refractivity contribution in [3.63, 3.8) is 0 Å². The van der Waals surface area contributed by atoms with Gasteiger partial charge in [0.05, 0.1) is 35.8 Å². The van der Waals surface area contributed by atoms with Gasteiger partial charge in [0.1, 0.15) is 5.75 Å². The fraction of sp³-hybridized carbons (Fsp3) is 0.417. The van der Waals surface area contributed by atoms with Crippen molar-refractivity contribution >= 4 is 16.8 Å². The second-order valence-corrected chi connectivity index (χ2v) is 4.79. The van der Waals surface area contributed by atoms with Crippen molar-refractivity contribution in [3.8, 4) is 5.75 Å². The number of hydrogen-bond acceptors (Lipinski definition) is 4. The monoisotopic (exact) mass is 256 g/mol. The molecule has 1 aromatic rings. The number of rotatable bonds is 6. The number of hydrogen-bond donors (Lipinski definition) is 0. The quantitative estimate of drug-likeness (QED) is 0.728. The molecule has 0 heterocycles. The molecule has 0 aliphatic carbocycles. The molecule has 1 unspecified atom stereocenters. The Bertz CT molecular complexity index is 403. The Morgan fingerprint density at radius 3 is 2.71 bits per heavy atom. The number of ether oxygens (including phenoxy) is 2. The highest BCUT2D eigenvalue weighted by Gasteiger charge is 2.12. The lowest BCUT2D eigenvalue weighted by atomic mass is 10.3. The van der Waals surface area contributed by atoms with Crippen LogP contribution in [0.2, 0.25) is 0 Å². The molecule has 0 radical (unpaired) electrons. The summed E-state index contributed by atoms with van der Waals surface area (Å²) in [6.07, 6.45) is 0.151. The predicted octanol–water partition coefficient (Wildman–Crippen LogP) is 1.76. The summed E-state index contributed by atoms with van der Waals surface area (Å²) in [6.45, 7) is 2.09. The van der Waals surface area contributed by atoms with Crippen LogP contribution in [0.4, 0.5) is 0 Å². The van der Waals surface area contributed by atoms with Crippen molar-refractivity contribution < 1.29 is 18.5 Å². The van der Waals surface area contributed by atoms with E-state index in [9.17, 15) is 9.00 Å². The first-order valence-corrected chi connectivity index (χ1v) is 6.68. The lowest BCUT2D eigenvalue weighted by Gasteiger charge is -2.07. The van der Waals surface area contributed by atoms with Gasteiger partial charge < -0.3 is 9.47 Å². The van der Waals surface area contributed by atoms with Crippen molar-refractivity contribution in [2.75, 3.05) is 19.5 Å². The zero-order valence-corrected chi connectivity index (χ0v) is 10.8. The second kappa shape index (κ2) is 7.06. The molecule has 1 rings (SSSR count). The summed E-state index contributed by atoms with van der Waals surface area (Å²) in [4.78, 5) is 11.8. The van der Waals surface area contributed by atoms with Gasteiger partial charge in [-0.05, 0) is 19.1 Å². The molecule has 0 N–H and O–H groups in total. The van der Waals surface area contributed by atoms with Crippen LogP contribution in [0.15, 0.2) is 29.2 Å². The van der Waals surface area contributed by atoms with Gasteiger partial charge in [0, 0.05) is 5.75 Å². The van der Waals surface area contributed by atoms with Crippen molar-refractivity contribution in [1.82, 2.24) is 0 Å². The molecule has 1 aromatic carbocycles. The van der Waals surface area contributed by atoms with Crippen molar-refractivity contribution in [1.29, 1.82) is 0 Å². The molecule has 0 saturated heterocycles. The van der Waals surface area contributed by atoms with Crippen LogP contribution in [0.5, 0.6) is 5.75 Å². The first-order valence-electron chi connectivity index (χ1n) is 5.36. The van der Waals surface area contributed by atoms with Crippen LogP contribution < -0.4 is 4.74 Å². The summed E-state index contributed by atoms with van der Waals surface area (Å²) in [7, 11) is 0.284. The summed E-state index contributed by atoms with van der Waals surface area (Å²) in [5.41, 5.74) is 0. The molecule has 1 atom stereocenters. The van der Waals surface area contributed by atoms with Crippen LogP contribution in [0.25, 0.3) is 0 Å². The third kappa shape index (κ3) is 4.19. The Kier molecular flexibility index (Phi) is 5.69. The summed E-state index contributed by atoms with van der Waals surface area (Å²) in [5.74, 6) is 0.504. The number of benzene rings is 1. The van der Waals surface area contributed by atoms with E-state index in [1.54, 1.807) is 25.1 Å². The van der Waals surface area contributed by atoms with E-state index in [4.69, 9.17) is 9.47 Å². The lowest BCUT2D eigenvalue weighted by molar-refractivity contribution is -0.142. The van der Waals surface area contributed by atoms with E-state index in [-0.39, 0.29) is 18.1 Å². The van der Waals surface area contributed by atoms with Gasteiger partial charge in [0.25, 0.3) is 0 Å². The Morgan fingerprint density at radius 1 is 1.35 bits per heavy atom. The van der Waals surface area contributed by atoms with Crippen LogP contribution >= 0.6 is 0 Å². The van der Waals surface area contributed by atoms with Crippen LogP contribution in [0.3, 0.4) is 0 Å². The molecule has 0 amide bonds. The summed E-state index contributed by atoms with van der Waals surface area (Å²) >= 11 is 0. The van der Waals surface area contributed by atoms with Gasteiger partial charge in [-0.3, -0.25) is 9.00 Å². The summed E-state index contributed by atoms with van der Waals surface area (Å²) < 4.78 is 21.8. The minimum atomic E-state index is -1.24. The highest BCUT2D eigenvalue weighted by molar-refractivity contribution is 7.85. The molecular formula is C12H16O4S. The number of carbonyl (C=O) groups is 1. The molecule has 0 spiro atoms. The van der Waals surface area contributed by atoms with Crippen LogP contribution in [-0.4, -0.2) is 29.6 Å². The third-order valence-corrected chi connectivity index (χ3v) is 3.51. The van der Waals surface area contributed by atoms with Gasteiger partial charge >= 0.3 is 5.97 Å². The van der Waals surface area contributed by atoms with E-state index in [1.807, 2.05) is 6.07 Å². The molecule has 0 fully saturated rings. The second-order valence-electron chi connectivity index (χ2n) is 3.26. The smallest absolute Gasteiger partial charge is 0.306 e. The number of para-hydroxylation sites is 1. The Balaban J connectivity index is 2.61. The minimum absolute atomic E-state index is 0.151. The van der Waals surface area contributed by atoms with Crippen LogP contribution in [-0.2, 0) is 20.3 Å². The zero-order valence-electron chi connectivity index (χ0n) is 9.97. The number of esters is 1. The lowest BCUT2D eigenvalue weighted by Crippen LogP contribution is -2.09. The number of methoxy groups -OCH3 is 1. The topological polar surface area (TPSA) is 52.6 Å². The van der Waals surface area contributed by atoms with Crippen molar-refractivity contribution in [2.45, 2.75) is 18.2 Å². The summed E-state index contributed by atoms with van der Waals surface area (Å²) in [6, 6.07) is 7.09.